The van der Waals surface area contributed by atoms with Crippen molar-refractivity contribution in [3.63, 3.8) is 0 Å². The molecule has 3 aromatic carbocycles. The van der Waals surface area contributed by atoms with E-state index in [1.807, 2.05) is 12.2 Å². The Labute approximate surface area is 154 Å². The summed E-state index contributed by atoms with van der Waals surface area (Å²) in [5, 5.41) is 2.50. The van der Waals surface area contributed by atoms with E-state index in [0.717, 1.165) is 12.0 Å². The van der Waals surface area contributed by atoms with E-state index < -0.39 is 0 Å². The minimum atomic E-state index is 0.903. The molecule has 0 amide bonds. The van der Waals surface area contributed by atoms with Crippen molar-refractivity contribution in [1.82, 2.24) is 0 Å². The molecule has 0 saturated heterocycles. The van der Waals surface area contributed by atoms with Crippen molar-refractivity contribution < 1.29 is 0 Å². The van der Waals surface area contributed by atoms with Gasteiger partial charge in [0.15, 0.2) is 0 Å². The zero-order valence-corrected chi connectivity index (χ0v) is 14.7. The number of fused-ring (bicyclic) bond motifs is 2. The van der Waals surface area contributed by atoms with Gasteiger partial charge in [0.25, 0.3) is 0 Å². The van der Waals surface area contributed by atoms with Crippen molar-refractivity contribution in [3.05, 3.63) is 121 Å². The van der Waals surface area contributed by atoms with Crippen LogP contribution < -0.4 is 4.90 Å². The molecule has 0 unspecified atom stereocenters. The summed E-state index contributed by atoms with van der Waals surface area (Å²) in [5.74, 6) is 0. The maximum Gasteiger partial charge on any atom is 0.0537 e. The summed E-state index contributed by atoms with van der Waals surface area (Å²) in [6.07, 6.45) is 8.76. The van der Waals surface area contributed by atoms with Crippen LogP contribution in [0.25, 0.3) is 10.8 Å². The maximum absolute atomic E-state index is 4.17. The van der Waals surface area contributed by atoms with Crippen LogP contribution >= 0.6 is 0 Å². The molecule has 26 heavy (non-hydrogen) atoms. The third-order valence-corrected chi connectivity index (χ3v) is 4.70. The molecule has 1 aliphatic heterocycles. The highest BCUT2D eigenvalue weighted by Gasteiger charge is 2.26. The second-order valence-electron chi connectivity index (χ2n) is 6.44. The highest BCUT2D eigenvalue weighted by atomic mass is 15.2. The van der Waals surface area contributed by atoms with E-state index in [0.29, 0.717) is 0 Å². The van der Waals surface area contributed by atoms with Gasteiger partial charge in [-0.05, 0) is 34.7 Å². The first kappa shape index (κ1) is 16.2. The number of hydrogen-bond donors (Lipinski definition) is 0. The molecule has 0 spiro atoms. The molecular weight excluding hydrogens is 314 g/mol. The quantitative estimate of drug-likeness (QED) is 0.479. The van der Waals surface area contributed by atoms with Gasteiger partial charge >= 0.3 is 0 Å². The molecule has 0 N–H and O–H groups in total. The maximum atomic E-state index is 4.17. The summed E-state index contributed by atoms with van der Waals surface area (Å²) in [7, 11) is 0. The van der Waals surface area contributed by atoms with Crippen molar-refractivity contribution >= 4 is 22.1 Å². The van der Waals surface area contributed by atoms with Gasteiger partial charge in [-0.1, -0.05) is 86.0 Å². The first-order chi connectivity index (χ1) is 12.8. The molecule has 0 aromatic heterocycles. The van der Waals surface area contributed by atoms with Crippen LogP contribution in [0.2, 0.25) is 0 Å². The second-order valence-corrected chi connectivity index (χ2v) is 6.44. The van der Waals surface area contributed by atoms with E-state index in [-0.39, 0.29) is 0 Å². The Balaban J connectivity index is 1.89. The standard InChI is InChI=1S/C25H21N/c1-3-4-10-19(2)17-22-18-21-12-6-8-15-24(21)26(22)25-16-9-13-20-11-5-7-14-23(20)25/h3-17H,1-2,18H2/b10-4-,22-17-. The Morgan fingerprint density at radius 3 is 2.50 bits per heavy atom. The lowest BCUT2D eigenvalue weighted by Gasteiger charge is -2.24. The van der Waals surface area contributed by atoms with Crippen molar-refractivity contribution in [2.24, 2.45) is 0 Å². The highest BCUT2D eigenvalue weighted by Crippen LogP contribution is 2.43. The molecule has 0 radical (unpaired) electrons. The molecule has 0 saturated carbocycles. The molecule has 1 heterocycles. The van der Waals surface area contributed by atoms with Gasteiger partial charge in [-0.25, -0.2) is 0 Å². The highest BCUT2D eigenvalue weighted by molar-refractivity contribution is 5.98. The van der Waals surface area contributed by atoms with Gasteiger partial charge in [-0.3, -0.25) is 0 Å². The number of nitrogens with zero attached hydrogens (tertiary/aromatic N) is 1. The first-order valence-electron chi connectivity index (χ1n) is 8.82. The smallest absolute Gasteiger partial charge is 0.0537 e. The predicted molar refractivity (Wildman–Crippen MR) is 113 cm³/mol. The Kier molecular flexibility index (Phi) is 4.28. The van der Waals surface area contributed by atoms with Gasteiger partial charge in [0.05, 0.1) is 5.69 Å². The second kappa shape index (κ2) is 6.89. The molecule has 0 aliphatic carbocycles. The lowest BCUT2D eigenvalue weighted by atomic mass is 10.1. The van der Waals surface area contributed by atoms with Crippen LogP contribution in [0.1, 0.15) is 5.56 Å². The van der Waals surface area contributed by atoms with Crippen molar-refractivity contribution in [2.75, 3.05) is 4.90 Å². The van der Waals surface area contributed by atoms with E-state index in [1.165, 1.54) is 33.4 Å². The SMILES string of the molecule is C=C/C=C\C(=C)/C=C1/Cc2ccccc2N1c1cccc2ccccc12. The van der Waals surface area contributed by atoms with E-state index in [1.54, 1.807) is 6.08 Å². The molecule has 1 nitrogen and oxygen atoms in total. The lowest BCUT2D eigenvalue weighted by molar-refractivity contribution is 1.15. The average molecular weight is 335 g/mol. The van der Waals surface area contributed by atoms with Gasteiger partial charge in [0.1, 0.15) is 0 Å². The zero-order valence-electron chi connectivity index (χ0n) is 14.7. The van der Waals surface area contributed by atoms with Crippen LogP contribution in [0.4, 0.5) is 11.4 Å². The summed E-state index contributed by atoms with van der Waals surface area (Å²) in [5.41, 5.74) is 6.00. The molecule has 1 heteroatoms. The van der Waals surface area contributed by atoms with E-state index in [4.69, 9.17) is 0 Å². The summed E-state index contributed by atoms with van der Waals surface area (Å²) in [4.78, 5) is 2.37. The van der Waals surface area contributed by atoms with Gasteiger partial charge in [-0.15, -0.1) is 0 Å². The molecule has 0 fully saturated rings. The number of anilines is 2. The fraction of sp³-hybridized carbons (Fsp3) is 0.0400. The van der Waals surface area contributed by atoms with Crippen LogP contribution in [0.15, 0.2) is 115 Å². The Bertz CT molecular complexity index is 1050. The summed E-state index contributed by atoms with van der Waals surface area (Å²) in [6.45, 7) is 7.91. The van der Waals surface area contributed by atoms with Crippen molar-refractivity contribution in [3.8, 4) is 0 Å². The topological polar surface area (TPSA) is 3.24 Å². The molecular formula is C25H21N. The average Bonchev–Trinajstić information content (AvgIpc) is 3.03. The van der Waals surface area contributed by atoms with E-state index in [2.05, 4.69) is 90.9 Å². The van der Waals surface area contributed by atoms with Crippen molar-refractivity contribution in [2.45, 2.75) is 6.42 Å². The third-order valence-electron chi connectivity index (χ3n) is 4.70. The molecule has 126 valence electrons. The molecule has 4 rings (SSSR count). The predicted octanol–water partition coefficient (Wildman–Crippen LogP) is 6.72. The minimum absolute atomic E-state index is 0.903. The number of rotatable bonds is 4. The lowest BCUT2D eigenvalue weighted by Crippen LogP contribution is -2.12. The zero-order chi connectivity index (χ0) is 17.9. The van der Waals surface area contributed by atoms with Gasteiger partial charge in [0.2, 0.25) is 0 Å². The van der Waals surface area contributed by atoms with Gasteiger partial charge < -0.3 is 4.90 Å². The number of hydrogen-bond acceptors (Lipinski definition) is 1. The number of benzene rings is 3. The normalized spacial score (nSPS) is 14.9. The van der Waals surface area contributed by atoms with Crippen LogP contribution in [0.3, 0.4) is 0 Å². The minimum Gasteiger partial charge on any atom is -0.313 e. The van der Waals surface area contributed by atoms with Gasteiger partial charge in [0, 0.05) is 23.2 Å². The van der Waals surface area contributed by atoms with Crippen LogP contribution in [-0.2, 0) is 6.42 Å². The molecule has 1 aliphatic rings. The Morgan fingerprint density at radius 2 is 1.62 bits per heavy atom. The van der Waals surface area contributed by atoms with Crippen LogP contribution in [0, 0.1) is 0 Å². The fourth-order valence-corrected chi connectivity index (χ4v) is 3.56. The molecule has 0 atom stereocenters. The van der Waals surface area contributed by atoms with Crippen LogP contribution in [0.5, 0.6) is 0 Å². The Hall–Kier alpha value is -3.32. The van der Waals surface area contributed by atoms with Gasteiger partial charge in [-0.2, -0.15) is 0 Å². The molecule has 0 bridgehead atoms. The van der Waals surface area contributed by atoms with Crippen LogP contribution in [-0.4, -0.2) is 0 Å². The third kappa shape index (κ3) is 2.89. The number of para-hydroxylation sites is 1. The first-order valence-corrected chi connectivity index (χ1v) is 8.82. The van der Waals surface area contributed by atoms with E-state index in [9.17, 15) is 0 Å². The Morgan fingerprint density at radius 1 is 0.885 bits per heavy atom. The fourth-order valence-electron chi connectivity index (χ4n) is 3.56. The van der Waals surface area contributed by atoms with Crippen molar-refractivity contribution in [1.29, 1.82) is 0 Å². The summed E-state index contributed by atoms with van der Waals surface area (Å²) < 4.78 is 0. The summed E-state index contributed by atoms with van der Waals surface area (Å²) >= 11 is 0. The molecule has 3 aromatic rings. The monoisotopic (exact) mass is 335 g/mol. The summed E-state index contributed by atoms with van der Waals surface area (Å²) in [6, 6.07) is 23.6. The largest absolute Gasteiger partial charge is 0.313 e. The number of allylic oxidation sites excluding steroid dienone is 6. The van der Waals surface area contributed by atoms with E-state index >= 15 is 0 Å².